The minimum Gasteiger partial charge on any atom is -0.468 e. The van der Waals surface area contributed by atoms with E-state index < -0.39 is 12.1 Å². The maximum atomic E-state index is 11.7. The molecular formula is C12H18ClN3O3. The van der Waals surface area contributed by atoms with E-state index in [1.54, 1.807) is 11.7 Å². The number of hydrogen-bond donors (Lipinski definition) is 1. The number of rotatable bonds is 3. The summed E-state index contributed by atoms with van der Waals surface area (Å²) in [6.07, 6.45) is -0.122. The number of halogens is 1. The first kappa shape index (κ1) is 14.3. The Labute approximate surface area is 116 Å². The van der Waals surface area contributed by atoms with Crippen molar-refractivity contribution in [2.45, 2.75) is 32.0 Å². The minimum absolute atomic E-state index is 0.325. The fraction of sp³-hybridized carbons (Fsp3) is 0.667. The predicted molar refractivity (Wildman–Crippen MR) is 69.8 cm³/mol. The summed E-state index contributed by atoms with van der Waals surface area (Å²) in [5, 5.41) is 14.5. The Morgan fingerprint density at radius 2 is 2.32 bits per heavy atom. The Balaban J connectivity index is 2.19. The number of methoxy groups -OCH3 is 1. The van der Waals surface area contributed by atoms with Gasteiger partial charge in [0.05, 0.1) is 18.9 Å². The molecule has 0 aromatic carbocycles. The van der Waals surface area contributed by atoms with E-state index in [0.29, 0.717) is 24.7 Å². The zero-order chi connectivity index (χ0) is 14.2. The van der Waals surface area contributed by atoms with E-state index in [1.165, 1.54) is 7.11 Å². The quantitative estimate of drug-likeness (QED) is 0.820. The molecule has 0 aliphatic carbocycles. The average Bonchev–Trinajstić information content (AvgIpc) is 2.84. The largest absolute Gasteiger partial charge is 0.468 e. The predicted octanol–water partition coefficient (Wildman–Crippen LogP) is 0.490. The van der Waals surface area contributed by atoms with Crippen LogP contribution < -0.4 is 0 Å². The third kappa shape index (κ3) is 2.75. The fourth-order valence-electron chi connectivity index (χ4n) is 2.49. The van der Waals surface area contributed by atoms with Crippen LogP contribution >= 0.6 is 11.6 Å². The molecule has 0 spiro atoms. The number of carbonyl (C=O) groups excluding carboxylic acids is 1. The van der Waals surface area contributed by atoms with Crippen LogP contribution in [0.25, 0.3) is 0 Å². The second kappa shape index (κ2) is 5.48. The third-order valence-corrected chi connectivity index (χ3v) is 3.96. The highest BCUT2D eigenvalue weighted by atomic mass is 35.5. The standard InChI is InChI=1S/C12H18ClN3O3/c1-7-9(11(13)15(2)14-7)6-16-5-8(17)4-10(16)12(18)19-3/h8,10,17H,4-6H2,1-3H3. The number of β-amino-alcohol motifs (C(OH)–C–C–N with tert-alkyl or cyclic N) is 1. The van der Waals surface area contributed by atoms with Crippen molar-refractivity contribution in [1.29, 1.82) is 0 Å². The van der Waals surface area contributed by atoms with Crippen LogP contribution in [-0.4, -0.2) is 51.6 Å². The summed E-state index contributed by atoms with van der Waals surface area (Å²) in [7, 11) is 3.13. The Kier molecular flexibility index (Phi) is 4.13. The van der Waals surface area contributed by atoms with Crippen molar-refractivity contribution < 1.29 is 14.6 Å². The van der Waals surface area contributed by atoms with Gasteiger partial charge in [-0.25, -0.2) is 0 Å². The van der Waals surface area contributed by atoms with Crippen LogP contribution in [0.4, 0.5) is 0 Å². The van der Waals surface area contributed by atoms with Gasteiger partial charge in [-0.3, -0.25) is 14.4 Å². The highest BCUT2D eigenvalue weighted by Gasteiger charge is 2.37. The molecule has 2 rings (SSSR count). The number of aryl methyl sites for hydroxylation is 2. The molecule has 2 heterocycles. The second-order valence-electron chi connectivity index (χ2n) is 4.84. The lowest BCUT2D eigenvalue weighted by Crippen LogP contribution is -2.36. The lowest BCUT2D eigenvalue weighted by molar-refractivity contribution is -0.146. The molecule has 19 heavy (non-hydrogen) atoms. The van der Waals surface area contributed by atoms with Crippen molar-refractivity contribution >= 4 is 17.6 Å². The molecule has 1 N–H and O–H groups in total. The zero-order valence-electron chi connectivity index (χ0n) is 11.3. The van der Waals surface area contributed by atoms with Crippen LogP contribution in [0.1, 0.15) is 17.7 Å². The first-order valence-corrected chi connectivity index (χ1v) is 6.49. The highest BCUT2D eigenvalue weighted by Crippen LogP contribution is 2.26. The molecule has 0 bridgehead atoms. The molecule has 6 nitrogen and oxygen atoms in total. The van der Waals surface area contributed by atoms with Gasteiger partial charge in [0, 0.05) is 32.1 Å². The molecule has 1 fully saturated rings. The Bertz CT molecular complexity index is 489. The normalized spacial score (nSPS) is 23.8. The molecule has 1 aromatic heterocycles. The zero-order valence-corrected chi connectivity index (χ0v) is 12.0. The summed E-state index contributed by atoms with van der Waals surface area (Å²) in [6.45, 7) is 2.79. The number of aliphatic hydroxyl groups excluding tert-OH is 1. The molecule has 106 valence electrons. The third-order valence-electron chi connectivity index (χ3n) is 3.49. The Morgan fingerprint density at radius 1 is 1.63 bits per heavy atom. The number of carbonyl (C=O) groups is 1. The summed E-state index contributed by atoms with van der Waals surface area (Å²) in [5.41, 5.74) is 1.71. The van der Waals surface area contributed by atoms with Crippen LogP contribution in [0, 0.1) is 6.92 Å². The Hall–Kier alpha value is -1.11. The first-order chi connectivity index (χ1) is 8.93. The summed E-state index contributed by atoms with van der Waals surface area (Å²) in [4.78, 5) is 13.6. The van der Waals surface area contributed by atoms with Gasteiger partial charge in [0.15, 0.2) is 0 Å². The molecular weight excluding hydrogens is 270 g/mol. The molecule has 7 heteroatoms. The summed E-state index contributed by atoms with van der Waals surface area (Å²) >= 11 is 6.19. The van der Waals surface area contributed by atoms with E-state index >= 15 is 0 Å². The van der Waals surface area contributed by atoms with Crippen molar-refractivity contribution in [3.05, 3.63) is 16.4 Å². The maximum Gasteiger partial charge on any atom is 0.323 e. The lowest BCUT2D eigenvalue weighted by Gasteiger charge is -2.21. The minimum atomic E-state index is -0.514. The van der Waals surface area contributed by atoms with Gasteiger partial charge in [-0.15, -0.1) is 0 Å². The highest BCUT2D eigenvalue weighted by molar-refractivity contribution is 6.30. The number of hydrogen-bond acceptors (Lipinski definition) is 5. The van der Waals surface area contributed by atoms with Gasteiger partial charge in [-0.2, -0.15) is 5.10 Å². The number of aliphatic hydroxyl groups is 1. The number of likely N-dealkylation sites (tertiary alicyclic amines) is 1. The maximum absolute atomic E-state index is 11.7. The molecule has 0 radical (unpaired) electrons. The van der Waals surface area contributed by atoms with Crippen molar-refractivity contribution in [2.24, 2.45) is 7.05 Å². The van der Waals surface area contributed by atoms with Crippen LogP contribution in [0.3, 0.4) is 0 Å². The number of ether oxygens (including phenoxy) is 1. The van der Waals surface area contributed by atoms with Gasteiger partial charge in [-0.05, 0) is 6.92 Å². The lowest BCUT2D eigenvalue weighted by atomic mass is 10.2. The van der Waals surface area contributed by atoms with Crippen LogP contribution in [0.15, 0.2) is 0 Å². The molecule has 1 aliphatic rings. The molecule has 2 unspecified atom stereocenters. The molecule has 1 aromatic rings. The molecule has 2 atom stereocenters. The fourth-order valence-corrected chi connectivity index (χ4v) is 2.73. The summed E-state index contributed by atoms with van der Waals surface area (Å²) in [6, 6.07) is -0.421. The number of esters is 1. The molecule has 1 saturated heterocycles. The van der Waals surface area contributed by atoms with E-state index in [0.717, 1.165) is 11.3 Å². The van der Waals surface area contributed by atoms with Crippen molar-refractivity contribution in [3.63, 3.8) is 0 Å². The van der Waals surface area contributed by atoms with Crippen LogP contribution in [0.2, 0.25) is 5.15 Å². The molecule has 0 saturated carbocycles. The van der Waals surface area contributed by atoms with E-state index in [1.807, 2.05) is 11.8 Å². The van der Waals surface area contributed by atoms with E-state index in [9.17, 15) is 9.90 Å². The monoisotopic (exact) mass is 287 g/mol. The average molecular weight is 288 g/mol. The van der Waals surface area contributed by atoms with E-state index in [2.05, 4.69) is 5.10 Å². The molecule has 0 amide bonds. The van der Waals surface area contributed by atoms with Gasteiger partial charge in [-0.1, -0.05) is 11.6 Å². The molecule has 1 aliphatic heterocycles. The van der Waals surface area contributed by atoms with Gasteiger partial charge < -0.3 is 9.84 Å². The van der Waals surface area contributed by atoms with Crippen molar-refractivity contribution in [3.8, 4) is 0 Å². The van der Waals surface area contributed by atoms with Crippen LogP contribution in [-0.2, 0) is 23.1 Å². The van der Waals surface area contributed by atoms with Gasteiger partial charge >= 0.3 is 5.97 Å². The smallest absolute Gasteiger partial charge is 0.323 e. The van der Waals surface area contributed by atoms with Gasteiger partial charge in [0.1, 0.15) is 11.2 Å². The van der Waals surface area contributed by atoms with Gasteiger partial charge in [0.2, 0.25) is 0 Å². The number of aromatic nitrogens is 2. The van der Waals surface area contributed by atoms with Crippen molar-refractivity contribution in [2.75, 3.05) is 13.7 Å². The summed E-state index contributed by atoms with van der Waals surface area (Å²) in [5.74, 6) is -0.325. The first-order valence-electron chi connectivity index (χ1n) is 6.12. The van der Waals surface area contributed by atoms with E-state index in [-0.39, 0.29) is 5.97 Å². The second-order valence-corrected chi connectivity index (χ2v) is 5.19. The van der Waals surface area contributed by atoms with Gasteiger partial charge in [0.25, 0.3) is 0 Å². The number of nitrogens with zero attached hydrogens (tertiary/aromatic N) is 3. The van der Waals surface area contributed by atoms with Crippen LogP contribution in [0.5, 0.6) is 0 Å². The SMILES string of the molecule is COC(=O)C1CC(O)CN1Cc1c(C)nn(C)c1Cl. The van der Waals surface area contributed by atoms with Crippen molar-refractivity contribution in [1.82, 2.24) is 14.7 Å². The summed E-state index contributed by atoms with van der Waals surface area (Å²) < 4.78 is 6.37. The van der Waals surface area contributed by atoms with E-state index in [4.69, 9.17) is 16.3 Å². The topological polar surface area (TPSA) is 67.6 Å². The Morgan fingerprint density at radius 3 is 2.84 bits per heavy atom.